The fourth-order valence-electron chi connectivity index (χ4n) is 2.26. The van der Waals surface area contributed by atoms with Crippen LogP contribution < -0.4 is 10.2 Å². The van der Waals surface area contributed by atoms with Crippen LogP contribution in [0.4, 0.5) is 0 Å². The Morgan fingerprint density at radius 2 is 2.04 bits per heavy atom. The van der Waals surface area contributed by atoms with E-state index in [4.69, 9.17) is 9.15 Å². The number of nitrogens with one attached hydrogen (secondary N) is 1. The van der Waals surface area contributed by atoms with Gasteiger partial charge in [-0.2, -0.15) is 5.10 Å². The van der Waals surface area contributed by atoms with Crippen LogP contribution in [0.3, 0.4) is 0 Å². The van der Waals surface area contributed by atoms with Crippen LogP contribution in [0, 0.1) is 0 Å². The van der Waals surface area contributed by atoms with Crippen molar-refractivity contribution in [1.29, 1.82) is 0 Å². The van der Waals surface area contributed by atoms with Crippen LogP contribution in [0.2, 0.25) is 0 Å². The zero-order valence-corrected chi connectivity index (χ0v) is 15.4. The van der Waals surface area contributed by atoms with E-state index in [0.717, 1.165) is 21.2 Å². The number of rotatable bonds is 5. The number of hydrogen-bond donors (Lipinski definition) is 1. The Kier molecular flexibility index (Phi) is 5.19. The van der Waals surface area contributed by atoms with Gasteiger partial charge in [-0.3, -0.25) is 4.79 Å². The topological polar surface area (TPSA) is 63.8 Å². The van der Waals surface area contributed by atoms with Gasteiger partial charge in [0.05, 0.1) is 16.8 Å². The molecule has 1 heterocycles. The maximum atomic E-state index is 12.1. The summed E-state index contributed by atoms with van der Waals surface area (Å²) in [6.45, 7) is 3.94. The van der Waals surface area contributed by atoms with E-state index < -0.39 is 5.91 Å². The molecule has 3 rings (SSSR count). The zero-order chi connectivity index (χ0) is 17.8. The molecule has 0 saturated heterocycles. The molecular weight excluding hydrogens is 384 g/mol. The number of carbonyl (C=O) groups excluding carboxylic acids is 1. The Labute approximate surface area is 153 Å². The summed E-state index contributed by atoms with van der Waals surface area (Å²) in [6.07, 6.45) is 1.66. The third-order valence-electron chi connectivity index (χ3n) is 3.35. The standard InChI is InChI=1S/C19H17BrN2O3/c1-12(2)24-17-8-7-13(9-15(17)20)11-21-22-19(23)18-10-14-5-3-4-6-16(14)25-18/h3-12H,1-2H3,(H,22,23)/b21-11+. The maximum Gasteiger partial charge on any atom is 0.307 e. The molecule has 0 aliphatic rings. The van der Waals surface area contributed by atoms with Crippen LogP contribution in [0.1, 0.15) is 30.0 Å². The molecule has 0 aliphatic carbocycles. The predicted molar refractivity (Wildman–Crippen MR) is 101 cm³/mol. The van der Waals surface area contributed by atoms with E-state index in [1.165, 1.54) is 0 Å². The number of halogens is 1. The minimum Gasteiger partial charge on any atom is -0.490 e. The summed E-state index contributed by atoms with van der Waals surface area (Å²) in [5, 5.41) is 4.85. The van der Waals surface area contributed by atoms with Crippen molar-refractivity contribution in [2.24, 2.45) is 5.10 Å². The summed E-state index contributed by atoms with van der Waals surface area (Å²) >= 11 is 3.46. The molecule has 25 heavy (non-hydrogen) atoms. The Balaban J connectivity index is 1.66. The van der Waals surface area contributed by atoms with Gasteiger partial charge in [-0.1, -0.05) is 18.2 Å². The van der Waals surface area contributed by atoms with E-state index in [2.05, 4.69) is 26.5 Å². The monoisotopic (exact) mass is 400 g/mol. The number of amides is 1. The summed E-state index contributed by atoms with van der Waals surface area (Å²) in [5.41, 5.74) is 3.96. The maximum absolute atomic E-state index is 12.1. The highest BCUT2D eigenvalue weighted by Gasteiger charge is 2.11. The average Bonchev–Trinajstić information content (AvgIpc) is 3.01. The summed E-state index contributed by atoms with van der Waals surface area (Å²) in [6, 6.07) is 14.7. The van der Waals surface area contributed by atoms with Crippen molar-refractivity contribution in [3.63, 3.8) is 0 Å². The fraction of sp³-hybridized carbons (Fsp3) is 0.158. The zero-order valence-electron chi connectivity index (χ0n) is 13.8. The molecule has 0 radical (unpaired) electrons. The van der Waals surface area contributed by atoms with Crippen LogP contribution >= 0.6 is 15.9 Å². The van der Waals surface area contributed by atoms with E-state index in [1.54, 1.807) is 12.3 Å². The van der Waals surface area contributed by atoms with Crippen LogP contribution in [0.5, 0.6) is 5.75 Å². The van der Waals surface area contributed by atoms with E-state index in [1.807, 2.05) is 56.3 Å². The number of fused-ring (bicyclic) bond motifs is 1. The van der Waals surface area contributed by atoms with E-state index >= 15 is 0 Å². The second-order valence-electron chi connectivity index (χ2n) is 5.70. The molecule has 128 valence electrons. The number of para-hydroxylation sites is 1. The van der Waals surface area contributed by atoms with Gasteiger partial charge in [0.15, 0.2) is 5.76 Å². The SMILES string of the molecule is CC(C)Oc1ccc(/C=N/NC(=O)c2cc3ccccc3o2)cc1Br. The molecular formula is C19H17BrN2O3. The van der Waals surface area contributed by atoms with Crippen LogP contribution in [-0.2, 0) is 0 Å². The molecule has 1 amide bonds. The lowest BCUT2D eigenvalue weighted by Crippen LogP contribution is -2.16. The number of ether oxygens (including phenoxy) is 1. The predicted octanol–water partition coefficient (Wildman–Crippen LogP) is 4.75. The molecule has 0 saturated carbocycles. The Morgan fingerprint density at radius 3 is 2.76 bits per heavy atom. The number of benzene rings is 2. The van der Waals surface area contributed by atoms with Gasteiger partial charge in [-0.25, -0.2) is 5.43 Å². The van der Waals surface area contributed by atoms with Gasteiger partial charge in [0.2, 0.25) is 0 Å². The van der Waals surface area contributed by atoms with Gasteiger partial charge >= 0.3 is 5.91 Å². The van der Waals surface area contributed by atoms with Gasteiger partial charge in [0.1, 0.15) is 11.3 Å². The van der Waals surface area contributed by atoms with Gasteiger partial charge < -0.3 is 9.15 Å². The molecule has 1 aromatic heterocycles. The van der Waals surface area contributed by atoms with E-state index in [0.29, 0.717) is 5.58 Å². The average molecular weight is 401 g/mol. The van der Waals surface area contributed by atoms with Gasteiger partial charge in [-0.15, -0.1) is 0 Å². The molecule has 0 bridgehead atoms. The molecule has 0 aliphatic heterocycles. The molecule has 0 atom stereocenters. The number of furan rings is 1. The first-order chi connectivity index (χ1) is 12.0. The Morgan fingerprint density at radius 1 is 1.24 bits per heavy atom. The van der Waals surface area contributed by atoms with Crippen molar-refractivity contribution < 1.29 is 13.9 Å². The van der Waals surface area contributed by atoms with E-state index in [-0.39, 0.29) is 11.9 Å². The number of carbonyl (C=O) groups is 1. The van der Waals surface area contributed by atoms with Crippen molar-refractivity contribution in [3.8, 4) is 5.75 Å². The molecule has 3 aromatic rings. The number of hydrogen-bond acceptors (Lipinski definition) is 4. The number of nitrogens with zero attached hydrogens (tertiary/aromatic N) is 1. The quantitative estimate of drug-likeness (QED) is 0.496. The van der Waals surface area contributed by atoms with Crippen molar-refractivity contribution >= 4 is 39.0 Å². The smallest absolute Gasteiger partial charge is 0.307 e. The Hall–Kier alpha value is -2.60. The van der Waals surface area contributed by atoms with Crippen LogP contribution in [0.25, 0.3) is 11.0 Å². The third-order valence-corrected chi connectivity index (χ3v) is 3.97. The molecule has 6 heteroatoms. The second-order valence-corrected chi connectivity index (χ2v) is 6.56. The lowest BCUT2D eigenvalue weighted by atomic mass is 10.2. The highest BCUT2D eigenvalue weighted by Crippen LogP contribution is 2.26. The van der Waals surface area contributed by atoms with Gasteiger partial charge in [-0.05, 0) is 65.7 Å². The van der Waals surface area contributed by atoms with E-state index in [9.17, 15) is 4.79 Å². The van der Waals surface area contributed by atoms with Crippen molar-refractivity contribution in [2.45, 2.75) is 20.0 Å². The molecule has 0 fully saturated rings. The molecule has 1 N–H and O–H groups in total. The van der Waals surface area contributed by atoms with Crippen LogP contribution in [-0.4, -0.2) is 18.2 Å². The van der Waals surface area contributed by atoms with Crippen LogP contribution in [0.15, 0.2) is 62.5 Å². The Bertz CT molecular complexity index is 898. The minimum absolute atomic E-state index is 0.0962. The highest BCUT2D eigenvalue weighted by molar-refractivity contribution is 9.10. The fourth-order valence-corrected chi connectivity index (χ4v) is 2.75. The molecule has 5 nitrogen and oxygen atoms in total. The molecule has 2 aromatic carbocycles. The molecule has 0 unspecified atom stereocenters. The summed E-state index contributed by atoms with van der Waals surface area (Å²) < 4.78 is 12.0. The minimum atomic E-state index is -0.397. The normalized spacial score (nSPS) is 11.4. The summed E-state index contributed by atoms with van der Waals surface area (Å²) in [4.78, 5) is 12.1. The van der Waals surface area contributed by atoms with Crippen molar-refractivity contribution in [2.75, 3.05) is 0 Å². The first-order valence-corrected chi connectivity index (χ1v) is 8.60. The highest BCUT2D eigenvalue weighted by atomic mass is 79.9. The summed E-state index contributed by atoms with van der Waals surface area (Å²) in [5.74, 6) is 0.588. The lowest BCUT2D eigenvalue weighted by Gasteiger charge is -2.11. The lowest BCUT2D eigenvalue weighted by molar-refractivity contribution is 0.0929. The first-order valence-electron chi connectivity index (χ1n) is 7.81. The second kappa shape index (κ2) is 7.53. The first kappa shape index (κ1) is 17.2. The third kappa shape index (κ3) is 4.28. The van der Waals surface area contributed by atoms with Gasteiger partial charge in [0, 0.05) is 5.39 Å². The van der Waals surface area contributed by atoms with Crippen molar-refractivity contribution in [3.05, 3.63) is 64.3 Å². The summed E-state index contributed by atoms with van der Waals surface area (Å²) in [7, 11) is 0. The largest absolute Gasteiger partial charge is 0.490 e. The van der Waals surface area contributed by atoms with Crippen molar-refractivity contribution in [1.82, 2.24) is 5.43 Å². The van der Waals surface area contributed by atoms with Gasteiger partial charge in [0.25, 0.3) is 0 Å². The number of hydrazone groups is 1. The molecule has 0 spiro atoms.